The van der Waals surface area contributed by atoms with Crippen molar-refractivity contribution in [1.29, 1.82) is 0 Å². The third kappa shape index (κ3) is 4.25. The lowest BCUT2D eigenvalue weighted by atomic mass is 10.1. The van der Waals surface area contributed by atoms with Gasteiger partial charge in [-0.25, -0.2) is 9.59 Å². The van der Waals surface area contributed by atoms with E-state index in [1.165, 1.54) is 18.2 Å². The van der Waals surface area contributed by atoms with E-state index in [-0.39, 0.29) is 26.3 Å². The maximum Gasteiger partial charge on any atom is 0.339 e. The Hall–Kier alpha value is -1.70. The van der Waals surface area contributed by atoms with Crippen molar-refractivity contribution in [1.82, 2.24) is 0 Å². The summed E-state index contributed by atoms with van der Waals surface area (Å²) in [4.78, 5) is 36.2. The molecule has 0 aliphatic heterocycles. The Morgan fingerprint density at radius 2 is 1.48 bits per heavy atom. The number of amides is 1. The third-order valence-corrected chi connectivity index (χ3v) is 5.38. The minimum atomic E-state index is -1.55. The summed E-state index contributed by atoms with van der Waals surface area (Å²) in [6, 6.07) is 4.01. The van der Waals surface area contributed by atoms with Crippen LogP contribution >= 0.6 is 58.0 Å². The SMILES string of the molecule is COC(=O)c1ccc(Cl)cc1NC(=O)c1c(Cl)c(Cl)c(Cl)c(Cl)c1C(=O)O. The van der Waals surface area contributed by atoms with E-state index in [4.69, 9.17) is 58.0 Å². The molecule has 2 rings (SSSR count). The summed E-state index contributed by atoms with van der Waals surface area (Å²) in [7, 11) is 1.15. The Morgan fingerprint density at radius 3 is 2.00 bits per heavy atom. The molecule has 27 heavy (non-hydrogen) atoms. The molecule has 0 aliphatic rings. The van der Waals surface area contributed by atoms with Gasteiger partial charge in [-0.3, -0.25) is 4.79 Å². The van der Waals surface area contributed by atoms with Gasteiger partial charge in [0.2, 0.25) is 0 Å². The second-order valence-corrected chi connectivity index (χ2v) is 6.89. The van der Waals surface area contributed by atoms with E-state index in [2.05, 4.69) is 10.1 Å². The van der Waals surface area contributed by atoms with E-state index in [0.29, 0.717) is 0 Å². The van der Waals surface area contributed by atoms with Gasteiger partial charge >= 0.3 is 11.9 Å². The van der Waals surface area contributed by atoms with Crippen LogP contribution in [-0.2, 0) is 4.74 Å². The van der Waals surface area contributed by atoms with Crippen LogP contribution in [0, 0.1) is 0 Å². The highest BCUT2D eigenvalue weighted by atomic mass is 35.5. The minimum Gasteiger partial charge on any atom is -0.478 e. The maximum atomic E-state index is 12.7. The zero-order valence-corrected chi connectivity index (χ0v) is 17.0. The topological polar surface area (TPSA) is 92.7 Å². The quantitative estimate of drug-likeness (QED) is 0.339. The fourth-order valence-corrected chi connectivity index (χ4v) is 3.33. The van der Waals surface area contributed by atoms with Crippen LogP contribution in [-0.4, -0.2) is 30.1 Å². The van der Waals surface area contributed by atoms with Crippen molar-refractivity contribution >= 4 is 81.5 Å². The number of ether oxygens (including phenoxy) is 1. The monoisotopic (exact) mass is 469 g/mol. The summed E-state index contributed by atoms with van der Waals surface area (Å²) in [6.07, 6.45) is 0. The van der Waals surface area contributed by atoms with Crippen LogP contribution in [0.1, 0.15) is 31.1 Å². The maximum absolute atomic E-state index is 12.7. The standard InChI is InChI=1S/C16H8Cl5NO5/c1-27-16(26)6-3-2-5(17)4-7(6)22-14(23)8-9(15(24)25)11(19)13(21)12(20)10(8)18/h2-4H,1H3,(H,22,23)(H,24,25). The van der Waals surface area contributed by atoms with Gasteiger partial charge in [-0.2, -0.15) is 0 Å². The first-order valence-corrected chi connectivity index (χ1v) is 8.77. The Labute approximate surface area is 177 Å². The van der Waals surface area contributed by atoms with Crippen molar-refractivity contribution in [2.75, 3.05) is 12.4 Å². The van der Waals surface area contributed by atoms with Crippen LogP contribution in [0.4, 0.5) is 5.69 Å². The molecule has 11 heteroatoms. The number of rotatable bonds is 4. The van der Waals surface area contributed by atoms with Crippen molar-refractivity contribution in [3.05, 3.63) is 60.0 Å². The lowest BCUT2D eigenvalue weighted by Gasteiger charge is -2.15. The predicted molar refractivity (Wildman–Crippen MR) is 104 cm³/mol. The van der Waals surface area contributed by atoms with Crippen molar-refractivity contribution in [2.45, 2.75) is 0 Å². The predicted octanol–water partition coefficient (Wildman–Crippen LogP) is 5.69. The van der Waals surface area contributed by atoms with Crippen LogP contribution in [0.2, 0.25) is 25.1 Å². The summed E-state index contributed by atoms with van der Waals surface area (Å²) in [5.74, 6) is -3.30. The van der Waals surface area contributed by atoms with E-state index in [1.54, 1.807) is 0 Å². The molecule has 0 bridgehead atoms. The van der Waals surface area contributed by atoms with E-state index >= 15 is 0 Å². The van der Waals surface area contributed by atoms with Crippen molar-refractivity contribution in [3.63, 3.8) is 0 Å². The molecule has 0 spiro atoms. The number of carbonyl (C=O) groups excluding carboxylic acids is 2. The van der Waals surface area contributed by atoms with Gasteiger partial charge in [0, 0.05) is 5.02 Å². The number of esters is 1. The second-order valence-electron chi connectivity index (χ2n) is 4.95. The smallest absolute Gasteiger partial charge is 0.339 e. The number of benzene rings is 2. The van der Waals surface area contributed by atoms with Gasteiger partial charge in [0.25, 0.3) is 5.91 Å². The molecule has 142 valence electrons. The highest BCUT2D eigenvalue weighted by Gasteiger charge is 2.29. The molecule has 2 N–H and O–H groups in total. The first-order chi connectivity index (χ1) is 12.6. The molecule has 2 aromatic rings. The van der Waals surface area contributed by atoms with Crippen molar-refractivity contribution in [2.24, 2.45) is 0 Å². The highest BCUT2D eigenvalue weighted by Crippen LogP contribution is 2.42. The number of methoxy groups -OCH3 is 1. The number of hydrogen-bond donors (Lipinski definition) is 2. The average Bonchev–Trinajstić information content (AvgIpc) is 2.61. The number of anilines is 1. The lowest BCUT2D eigenvalue weighted by Crippen LogP contribution is -2.20. The molecular weight excluding hydrogens is 463 g/mol. The first kappa shape index (κ1) is 21.6. The number of carboxylic acids is 1. The second kappa shape index (κ2) is 8.54. The summed E-state index contributed by atoms with van der Waals surface area (Å²) >= 11 is 29.6. The van der Waals surface area contributed by atoms with E-state index < -0.39 is 39.0 Å². The van der Waals surface area contributed by atoms with Gasteiger partial charge in [-0.05, 0) is 18.2 Å². The summed E-state index contributed by atoms with van der Waals surface area (Å²) in [5, 5.41) is 10.5. The number of carboxylic acid groups (broad SMARTS) is 1. The molecule has 2 aromatic carbocycles. The average molecular weight is 472 g/mol. The van der Waals surface area contributed by atoms with Crippen LogP contribution in [0.5, 0.6) is 0 Å². The number of hydrogen-bond acceptors (Lipinski definition) is 4. The molecule has 0 fully saturated rings. The molecule has 0 heterocycles. The highest BCUT2D eigenvalue weighted by molar-refractivity contribution is 6.54. The molecule has 0 radical (unpaired) electrons. The normalized spacial score (nSPS) is 10.4. The molecule has 1 amide bonds. The van der Waals surface area contributed by atoms with Crippen LogP contribution < -0.4 is 5.32 Å². The van der Waals surface area contributed by atoms with Crippen LogP contribution in [0.3, 0.4) is 0 Å². The molecular formula is C16H8Cl5NO5. The third-order valence-electron chi connectivity index (χ3n) is 3.34. The first-order valence-electron chi connectivity index (χ1n) is 6.88. The van der Waals surface area contributed by atoms with E-state index in [1.807, 2.05) is 0 Å². The number of halogens is 5. The molecule has 0 saturated carbocycles. The molecule has 6 nitrogen and oxygen atoms in total. The van der Waals surface area contributed by atoms with Gasteiger partial charge in [0.1, 0.15) is 0 Å². The fourth-order valence-electron chi connectivity index (χ4n) is 2.14. The van der Waals surface area contributed by atoms with Crippen LogP contribution in [0.25, 0.3) is 0 Å². The number of carbonyl (C=O) groups is 3. The molecule has 0 aromatic heterocycles. The lowest BCUT2D eigenvalue weighted by molar-refractivity contribution is 0.0601. The van der Waals surface area contributed by atoms with Crippen LogP contribution in [0.15, 0.2) is 18.2 Å². The Morgan fingerprint density at radius 1 is 0.926 bits per heavy atom. The molecule has 0 aliphatic carbocycles. The fraction of sp³-hybridized carbons (Fsp3) is 0.0625. The molecule has 0 unspecified atom stereocenters. The van der Waals surface area contributed by atoms with Gasteiger partial charge in [-0.1, -0.05) is 58.0 Å². The largest absolute Gasteiger partial charge is 0.478 e. The Balaban J connectivity index is 2.63. The van der Waals surface area contributed by atoms with E-state index in [9.17, 15) is 19.5 Å². The van der Waals surface area contributed by atoms with Gasteiger partial charge in [-0.15, -0.1) is 0 Å². The van der Waals surface area contributed by atoms with Gasteiger partial charge in [0.15, 0.2) is 0 Å². The van der Waals surface area contributed by atoms with Gasteiger partial charge in [0.05, 0.1) is 49.6 Å². The van der Waals surface area contributed by atoms with Crippen molar-refractivity contribution < 1.29 is 24.2 Å². The Bertz CT molecular complexity index is 976. The number of aromatic carboxylic acids is 1. The summed E-state index contributed by atoms with van der Waals surface area (Å²) < 4.78 is 4.63. The summed E-state index contributed by atoms with van der Waals surface area (Å²) in [6.45, 7) is 0. The zero-order chi connectivity index (χ0) is 20.5. The Kier molecular flexibility index (Phi) is 6.83. The summed E-state index contributed by atoms with van der Waals surface area (Å²) in [5.41, 5.74) is -1.22. The molecule has 0 atom stereocenters. The van der Waals surface area contributed by atoms with E-state index in [0.717, 1.165) is 7.11 Å². The number of nitrogens with one attached hydrogen (secondary N) is 1. The minimum absolute atomic E-state index is 0.0191. The zero-order valence-electron chi connectivity index (χ0n) is 13.2. The van der Waals surface area contributed by atoms with Gasteiger partial charge < -0.3 is 15.2 Å². The van der Waals surface area contributed by atoms with Crippen molar-refractivity contribution in [3.8, 4) is 0 Å². The molecule has 0 saturated heterocycles.